The molecule has 1 heterocycles. The molecular formula is C21H32NO3-. The fourth-order valence-electron chi connectivity index (χ4n) is 3.14. The zero-order valence-electron chi connectivity index (χ0n) is 15.5. The second kappa shape index (κ2) is 13.5. The molecule has 0 aliphatic carbocycles. The molecule has 0 aromatic carbocycles. The van der Waals surface area contributed by atoms with Crippen LogP contribution in [0.1, 0.15) is 76.7 Å². The standard InChI is InChI=1S/C21H33NO3/c1-2-3-4-5-6-8-11-18(12-9-7-10-13-21(24)25)16-19-14-15-20(23)22-17-19/h10,13-15,17-18H,2-9,11-12,16H2,1H3,(H,22,23)(H,24,25)/p-1/b13-10+/t18-/m1/s1. The summed E-state index contributed by atoms with van der Waals surface area (Å²) in [7, 11) is 0. The maximum atomic E-state index is 11.1. The molecule has 1 rings (SSSR count). The molecular weight excluding hydrogens is 314 g/mol. The van der Waals surface area contributed by atoms with E-state index >= 15 is 0 Å². The Hall–Kier alpha value is -1.84. The number of hydrogen-bond acceptors (Lipinski definition) is 3. The van der Waals surface area contributed by atoms with E-state index in [2.05, 4.69) is 11.9 Å². The number of allylic oxidation sites excluding steroid dienone is 1. The quantitative estimate of drug-likeness (QED) is 0.385. The summed E-state index contributed by atoms with van der Waals surface area (Å²) in [6.07, 6.45) is 17.4. The third kappa shape index (κ3) is 11.4. The summed E-state index contributed by atoms with van der Waals surface area (Å²) in [6.45, 7) is 2.23. The highest BCUT2D eigenvalue weighted by Gasteiger charge is 2.10. The number of pyridine rings is 1. The summed E-state index contributed by atoms with van der Waals surface area (Å²) >= 11 is 0. The van der Waals surface area contributed by atoms with E-state index in [1.165, 1.54) is 57.1 Å². The monoisotopic (exact) mass is 346 g/mol. The Labute approximate surface area is 152 Å². The highest BCUT2D eigenvalue weighted by Crippen LogP contribution is 2.22. The van der Waals surface area contributed by atoms with Crippen molar-refractivity contribution in [1.29, 1.82) is 0 Å². The summed E-state index contributed by atoms with van der Waals surface area (Å²) in [5, 5.41) is 19.8. The largest absolute Gasteiger partial charge is 0.859 e. The van der Waals surface area contributed by atoms with Gasteiger partial charge < -0.3 is 10.2 Å². The number of rotatable bonds is 14. The summed E-state index contributed by atoms with van der Waals surface area (Å²) in [5.41, 5.74) is 1.12. The summed E-state index contributed by atoms with van der Waals surface area (Å²) in [6, 6.07) is 3.42. The van der Waals surface area contributed by atoms with Crippen molar-refractivity contribution in [2.75, 3.05) is 0 Å². The third-order valence-corrected chi connectivity index (χ3v) is 4.53. The van der Waals surface area contributed by atoms with Gasteiger partial charge in [0.25, 0.3) is 0 Å². The first kappa shape index (κ1) is 21.2. The molecule has 0 spiro atoms. The van der Waals surface area contributed by atoms with Gasteiger partial charge in [0.15, 0.2) is 0 Å². The van der Waals surface area contributed by atoms with Gasteiger partial charge in [0.05, 0.1) is 0 Å². The van der Waals surface area contributed by atoms with E-state index in [0.29, 0.717) is 5.92 Å². The topological polar surface area (TPSA) is 73.2 Å². The average Bonchev–Trinajstić information content (AvgIpc) is 2.59. The molecule has 0 radical (unpaired) electrons. The third-order valence-electron chi connectivity index (χ3n) is 4.53. The molecule has 4 heteroatoms. The fraction of sp³-hybridized carbons (Fsp3) is 0.619. The van der Waals surface area contributed by atoms with Crippen molar-refractivity contribution in [1.82, 2.24) is 4.98 Å². The van der Waals surface area contributed by atoms with Crippen LogP contribution in [0, 0.1) is 5.92 Å². The van der Waals surface area contributed by atoms with E-state index in [9.17, 15) is 9.90 Å². The number of carboxylic acid groups (broad SMARTS) is 1. The van der Waals surface area contributed by atoms with E-state index in [-0.39, 0.29) is 5.88 Å². The van der Waals surface area contributed by atoms with Crippen LogP contribution in [-0.2, 0) is 11.2 Å². The number of carboxylic acids is 1. The van der Waals surface area contributed by atoms with E-state index in [0.717, 1.165) is 31.2 Å². The number of hydrogen-bond donors (Lipinski definition) is 1. The second-order valence-corrected chi connectivity index (χ2v) is 6.80. The van der Waals surface area contributed by atoms with Gasteiger partial charge in [0.1, 0.15) is 0 Å². The minimum absolute atomic E-state index is 0.185. The Kier molecular flexibility index (Phi) is 11.4. The summed E-state index contributed by atoms with van der Waals surface area (Å²) in [4.78, 5) is 14.4. The normalized spacial score (nSPS) is 12.5. The first-order valence-electron chi connectivity index (χ1n) is 9.63. The zero-order valence-corrected chi connectivity index (χ0v) is 15.5. The van der Waals surface area contributed by atoms with E-state index < -0.39 is 5.97 Å². The molecule has 25 heavy (non-hydrogen) atoms. The minimum Gasteiger partial charge on any atom is -0.859 e. The smallest absolute Gasteiger partial charge is 0.327 e. The van der Waals surface area contributed by atoms with Gasteiger partial charge in [-0.15, -0.1) is 0 Å². The van der Waals surface area contributed by atoms with Crippen LogP contribution in [-0.4, -0.2) is 16.1 Å². The Bertz CT molecular complexity index is 496. The van der Waals surface area contributed by atoms with Gasteiger partial charge in [-0.25, -0.2) is 4.79 Å². The molecule has 1 aromatic heterocycles. The van der Waals surface area contributed by atoms with Crippen LogP contribution >= 0.6 is 0 Å². The Morgan fingerprint density at radius 2 is 1.88 bits per heavy atom. The number of carbonyl (C=O) groups is 1. The SMILES string of the molecule is CCCCCCCC[C@H](CCC/C=C/C(=O)O)Cc1ccc([O-])nc1. The van der Waals surface area contributed by atoms with Crippen LogP contribution in [0.5, 0.6) is 5.88 Å². The Morgan fingerprint density at radius 1 is 1.16 bits per heavy atom. The van der Waals surface area contributed by atoms with Crippen molar-refractivity contribution in [3.8, 4) is 5.88 Å². The van der Waals surface area contributed by atoms with E-state index in [4.69, 9.17) is 5.11 Å². The maximum Gasteiger partial charge on any atom is 0.327 e. The number of aliphatic carboxylic acids is 1. The first-order chi connectivity index (χ1) is 12.1. The van der Waals surface area contributed by atoms with E-state index in [1.54, 1.807) is 12.3 Å². The van der Waals surface area contributed by atoms with Crippen molar-refractivity contribution in [2.24, 2.45) is 5.92 Å². The second-order valence-electron chi connectivity index (χ2n) is 6.80. The zero-order chi connectivity index (χ0) is 18.3. The molecule has 1 N–H and O–H groups in total. The number of aromatic nitrogens is 1. The minimum atomic E-state index is -0.882. The molecule has 1 atom stereocenters. The van der Waals surface area contributed by atoms with Crippen LogP contribution in [0.15, 0.2) is 30.5 Å². The average molecular weight is 346 g/mol. The van der Waals surface area contributed by atoms with Crippen molar-refractivity contribution < 1.29 is 15.0 Å². The van der Waals surface area contributed by atoms with E-state index in [1.807, 2.05) is 6.07 Å². The predicted octanol–water partition coefficient (Wildman–Crippen LogP) is 4.88. The van der Waals surface area contributed by atoms with Crippen LogP contribution in [0.2, 0.25) is 0 Å². The van der Waals surface area contributed by atoms with Crippen molar-refractivity contribution in [3.05, 3.63) is 36.0 Å². The highest BCUT2D eigenvalue weighted by molar-refractivity contribution is 5.79. The molecule has 0 fully saturated rings. The van der Waals surface area contributed by atoms with Gasteiger partial charge in [0.2, 0.25) is 0 Å². The highest BCUT2D eigenvalue weighted by atomic mass is 16.4. The molecule has 1 aromatic rings. The maximum absolute atomic E-state index is 11.1. The van der Waals surface area contributed by atoms with Crippen LogP contribution < -0.4 is 5.11 Å². The van der Waals surface area contributed by atoms with Crippen LogP contribution in [0.3, 0.4) is 0 Å². The molecule has 4 nitrogen and oxygen atoms in total. The predicted molar refractivity (Wildman–Crippen MR) is 99.5 cm³/mol. The first-order valence-corrected chi connectivity index (χ1v) is 9.63. The number of unbranched alkanes of at least 4 members (excludes halogenated alkanes) is 6. The summed E-state index contributed by atoms with van der Waals surface area (Å²) in [5.74, 6) is -0.494. The molecule has 0 saturated carbocycles. The lowest BCUT2D eigenvalue weighted by Gasteiger charge is -2.17. The Balaban J connectivity index is 2.39. The molecule has 0 aliphatic heterocycles. The van der Waals surface area contributed by atoms with Gasteiger partial charge in [-0.05, 0) is 43.0 Å². The molecule has 0 unspecified atom stereocenters. The van der Waals surface area contributed by atoms with Crippen molar-refractivity contribution in [2.45, 2.75) is 77.6 Å². The van der Waals surface area contributed by atoms with Gasteiger partial charge >= 0.3 is 5.97 Å². The molecule has 0 saturated heterocycles. The Morgan fingerprint density at radius 3 is 2.56 bits per heavy atom. The lowest BCUT2D eigenvalue weighted by atomic mass is 9.89. The van der Waals surface area contributed by atoms with Crippen molar-refractivity contribution in [3.63, 3.8) is 0 Å². The molecule has 0 amide bonds. The lowest BCUT2D eigenvalue weighted by Crippen LogP contribution is -2.06. The van der Waals surface area contributed by atoms with Gasteiger partial charge in [0, 0.05) is 12.3 Å². The summed E-state index contributed by atoms with van der Waals surface area (Å²) < 4.78 is 0. The van der Waals surface area contributed by atoms with Crippen molar-refractivity contribution >= 4 is 5.97 Å². The van der Waals surface area contributed by atoms with Gasteiger partial charge in [-0.2, -0.15) is 0 Å². The fourth-order valence-corrected chi connectivity index (χ4v) is 3.14. The molecule has 140 valence electrons. The van der Waals surface area contributed by atoms with Gasteiger partial charge in [-0.1, -0.05) is 70.1 Å². The number of nitrogens with zero attached hydrogens (tertiary/aromatic N) is 1. The van der Waals surface area contributed by atoms with Gasteiger partial charge in [-0.3, -0.25) is 4.98 Å². The van der Waals surface area contributed by atoms with Crippen LogP contribution in [0.25, 0.3) is 0 Å². The van der Waals surface area contributed by atoms with Crippen LogP contribution in [0.4, 0.5) is 0 Å². The lowest BCUT2D eigenvalue weighted by molar-refractivity contribution is -0.275. The molecule has 0 bridgehead atoms. The molecule has 0 aliphatic rings.